The summed E-state index contributed by atoms with van der Waals surface area (Å²) in [6.07, 6.45) is 0. The number of fused-ring (bicyclic) bond motifs is 1. The molecule has 160 valence electrons. The van der Waals surface area contributed by atoms with Crippen LogP contribution in [0.3, 0.4) is 0 Å². The van der Waals surface area contributed by atoms with Crippen molar-refractivity contribution in [1.82, 2.24) is 4.57 Å². The van der Waals surface area contributed by atoms with Gasteiger partial charge >= 0.3 is 0 Å². The minimum atomic E-state index is -3.85. The van der Waals surface area contributed by atoms with Gasteiger partial charge in [-0.25, -0.2) is 13.6 Å². The SMILES string of the molecule is COCCn1c(=NC(=O)COc2ccc(Cl)cc2Cl)sc2cc(S(N)(=O)=O)ccc21. The number of hydrogen-bond donors (Lipinski definition) is 1. The van der Waals surface area contributed by atoms with Crippen molar-refractivity contribution in [3.63, 3.8) is 0 Å². The van der Waals surface area contributed by atoms with Crippen LogP contribution in [0.4, 0.5) is 0 Å². The number of nitrogens with zero attached hydrogens (tertiary/aromatic N) is 2. The van der Waals surface area contributed by atoms with E-state index in [9.17, 15) is 13.2 Å². The predicted molar refractivity (Wildman–Crippen MR) is 116 cm³/mol. The van der Waals surface area contributed by atoms with Crippen LogP contribution < -0.4 is 14.7 Å². The number of carbonyl (C=O) groups is 1. The summed E-state index contributed by atoms with van der Waals surface area (Å²) in [6, 6.07) is 9.14. The molecule has 0 fully saturated rings. The Kier molecular flexibility index (Phi) is 7.17. The van der Waals surface area contributed by atoms with Gasteiger partial charge in [-0.1, -0.05) is 34.5 Å². The smallest absolute Gasteiger partial charge is 0.286 e. The Balaban J connectivity index is 1.93. The quantitative estimate of drug-likeness (QED) is 0.547. The Labute approximate surface area is 186 Å². The molecule has 30 heavy (non-hydrogen) atoms. The number of halogens is 2. The highest BCUT2D eigenvalue weighted by Crippen LogP contribution is 2.27. The first kappa shape index (κ1) is 22.7. The molecule has 0 aliphatic carbocycles. The third-order valence-electron chi connectivity index (χ3n) is 3.97. The maximum absolute atomic E-state index is 12.4. The van der Waals surface area contributed by atoms with Crippen molar-refractivity contribution in [1.29, 1.82) is 0 Å². The average Bonchev–Trinajstić information content (AvgIpc) is 3.01. The van der Waals surface area contributed by atoms with Crippen LogP contribution in [0.1, 0.15) is 0 Å². The zero-order chi connectivity index (χ0) is 21.9. The summed E-state index contributed by atoms with van der Waals surface area (Å²) < 4.78 is 36.2. The molecule has 8 nitrogen and oxygen atoms in total. The number of methoxy groups -OCH3 is 1. The lowest BCUT2D eigenvalue weighted by Gasteiger charge is -2.06. The molecule has 0 spiro atoms. The fraction of sp³-hybridized carbons (Fsp3) is 0.222. The van der Waals surface area contributed by atoms with Crippen LogP contribution in [0.25, 0.3) is 10.2 Å². The van der Waals surface area contributed by atoms with Crippen LogP contribution >= 0.6 is 34.5 Å². The molecular weight excluding hydrogens is 473 g/mol. The minimum Gasteiger partial charge on any atom is -0.482 e. The molecule has 2 N–H and O–H groups in total. The van der Waals surface area contributed by atoms with Gasteiger partial charge in [0.15, 0.2) is 11.4 Å². The van der Waals surface area contributed by atoms with E-state index < -0.39 is 15.9 Å². The van der Waals surface area contributed by atoms with E-state index in [4.69, 9.17) is 37.8 Å². The largest absolute Gasteiger partial charge is 0.482 e. The second kappa shape index (κ2) is 9.46. The Morgan fingerprint density at radius 3 is 2.67 bits per heavy atom. The molecule has 0 saturated carbocycles. The summed E-state index contributed by atoms with van der Waals surface area (Å²) in [5.41, 5.74) is 0.706. The fourth-order valence-electron chi connectivity index (χ4n) is 2.59. The number of hydrogen-bond acceptors (Lipinski definition) is 6. The fourth-order valence-corrected chi connectivity index (χ4v) is 4.78. The van der Waals surface area contributed by atoms with E-state index in [0.717, 1.165) is 11.3 Å². The lowest BCUT2D eigenvalue weighted by atomic mass is 10.3. The van der Waals surface area contributed by atoms with Crippen LogP contribution in [0.15, 0.2) is 46.3 Å². The highest BCUT2D eigenvalue weighted by Gasteiger charge is 2.13. The highest BCUT2D eigenvalue weighted by molar-refractivity contribution is 7.89. The molecule has 0 unspecified atom stereocenters. The number of sulfonamides is 1. The summed E-state index contributed by atoms with van der Waals surface area (Å²) in [6.45, 7) is 0.463. The summed E-state index contributed by atoms with van der Waals surface area (Å²) in [5.74, 6) is -0.226. The Morgan fingerprint density at radius 2 is 2.00 bits per heavy atom. The molecule has 2 aromatic carbocycles. The number of nitrogens with two attached hydrogens (primary N) is 1. The van der Waals surface area contributed by atoms with Gasteiger partial charge in [-0.2, -0.15) is 4.99 Å². The molecule has 3 rings (SSSR count). The third kappa shape index (κ3) is 5.39. The van der Waals surface area contributed by atoms with Crippen molar-refractivity contribution >= 4 is 60.7 Å². The van der Waals surface area contributed by atoms with Crippen molar-refractivity contribution in [3.8, 4) is 5.75 Å². The summed E-state index contributed by atoms with van der Waals surface area (Å²) in [4.78, 5) is 16.9. The van der Waals surface area contributed by atoms with Crippen molar-refractivity contribution in [2.75, 3.05) is 20.3 Å². The van der Waals surface area contributed by atoms with Crippen LogP contribution in [0.5, 0.6) is 5.75 Å². The van der Waals surface area contributed by atoms with E-state index in [-0.39, 0.29) is 16.5 Å². The number of primary sulfonamides is 1. The Morgan fingerprint density at radius 1 is 1.23 bits per heavy atom. The van der Waals surface area contributed by atoms with Crippen molar-refractivity contribution in [2.45, 2.75) is 11.4 Å². The second-order valence-electron chi connectivity index (χ2n) is 6.07. The van der Waals surface area contributed by atoms with Gasteiger partial charge in [0.25, 0.3) is 5.91 Å². The number of ether oxygens (including phenoxy) is 2. The predicted octanol–water partition coefficient (Wildman–Crippen LogP) is 2.81. The number of aromatic nitrogens is 1. The Hall–Kier alpha value is -1.95. The molecule has 0 atom stereocenters. The van der Waals surface area contributed by atoms with Crippen LogP contribution in [0.2, 0.25) is 10.0 Å². The van der Waals surface area contributed by atoms with Gasteiger partial charge in [0.2, 0.25) is 10.0 Å². The van der Waals surface area contributed by atoms with E-state index >= 15 is 0 Å². The van der Waals surface area contributed by atoms with E-state index in [2.05, 4.69) is 4.99 Å². The first-order valence-electron chi connectivity index (χ1n) is 8.49. The van der Waals surface area contributed by atoms with E-state index in [0.29, 0.717) is 38.9 Å². The number of benzene rings is 2. The zero-order valence-electron chi connectivity index (χ0n) is 15.7. The number of amides is 1. The van der Waals surface area contributed by atoms with Crippen LogP contribution in [-0.2, 0) is 26.1 Å². The normalized spacial score (nSPS) is 12.5. The molecule has 1 amide bonds. The molecule has 1 aromatic heterocycles. The number of carbonyl (C=O) groups excluding carboxylic acids is 1. The summed E-state index contributed by atoms with van der Waals surface area (Å²) in [5, 5.41) is 5.94. The van der Waals surface area contributed by atoms with Gasteiger partial charge in [-0.3, -0.25) is 4.79 Å². The average molecular weight is 490 g/mol. The van der Waals surface area contributed by atoms with Gasteiger partial charge in [0.05, 0.1) is 26.7 Å². The van der Waals surface area contributed by atoms with Crippen LogP contribution in [0, 0.1) is 0 Å². The van der Waals surface area contributed by atoms with Crippen molar-refractivity contribution in [2.24, 2.45) is 10.1 Å². The molecule has 0 radical (unpaired) electrons. The molecule has 0 aliphatic rings. The van der Waals surface area contributed by atoms with Gasteiger partial charge in [0.1, 0.15) is 5.75 Å². The number of rotatable bonds is 7. The monoisotopic (exact) mass is 489 g/mol. The maximum atomic E-state index is 12.4. The molecule has 0 bridgehead atoms. The maximum Gasteiger partial charge on any atom is 0.286 e. The van der Waals surface area contributed by atoms with Gasteiger partial charge < -0.3 is 14.0 Å². The summed E-state index contributed by atoms with van der Waals surface area (Å²) >= 11 is 13.0. The molecule has 12 heteroatoms. The molecule has 0 saturated heterocycles. The van der Waals surface area contributed by atoms with E-state index in [1.165, 1.54) is 18.2 Å². The van der Waals surface area contributed by atoms with Gasteiger partial charge in [-0.05, 0) is 36.4 Å². The lowest BCUT2D eigenvalue weighted by molar-refractivity contribution is -0.120. The molecular formula is C18H17Cl2N3O5S2. The third-order valence-corrected chi connectivity index (χ3v) is 6.45. The summed E-state index contributed by atoms with van der Waals surface area (Å²) in [7, 11) is -2.30. The van der Waals surface area contributed by atoms with Crippen molar-refractivity contribution in [3.05, 3.63) is 51.2 Å². The zero-order valence-corrected chi connectivity index (χ0v) is 18.8. The van der Waals surface area contributed by atoms with Crippen molar-refractivity contribution < 1.29 is 22.7 Å². The molecule has 1 heterocycles. The lowest BCUT2D eigenvalue weighted by Crippen LogP contribution is -2.21. The van der Waals surface area contributed by atoms with Crippen LogP contribution in [-0.4, -0.2) is 39.2 Å². The first-order valence-corrected chi connectivity index (χ1v) is 11.6. The number of thiazole rings is 1. The standard InChI is InChI=1S/C18H17Cl2N3O5S2/c1-27-7-6-23-14-4-3-12(30(21,25)26)9-16(14)29-18(23)22-17(24)10-28-15-5-2-11(19)8-13(15)20/h2-5,8-9H,6-7,10H2,1H3,(H2,21,25,26). The van der Waals surface area contributed by atoms with Gasteiger partial charge in [0, 0.05) is 18.7 Å². The molecule has 3 aromatic rings. The topological polar surface area (TPSA) is 113 Å². The van der Waals surface area contributed by atoms with E-state index in [1.807, 2.05) is 0 Å². The van der Waals surface area contributed by atoms with Gasteiger partial charge in [-0.15, -0.1) is 0 Å². The highest BCUT2D eigenvalue weighted by atomic mass is 35.5. The van der Waals surface area contributed by atoms with E-state index in [1.54, 1.807) is 29.9 Å². The minimum absolute atomic E-state index is 0.0197. The Bertz CT molecular complexity index is 1270. The first-order chi connectivity index (χ1) is 14.2. The molecule has 0 aliphatic heterocycles. The second-order valence-corrected chi connectivity index (χ2v) is 9.49.